The number of methoxy groups -OCH3 is 3. The van der Waals surface area contributed by atoms with Crippen LogP contribution in [0.5, 0.6) is 17.2 Å². The quantitative estimate of drug-likeness (QED) is 0.571. The van der Waals surface area contributed by atoms with Gasteiger partial charge in [-0.25, -0.2) is 0 Å². The molecule has 0 aliphatic carbocycles. The fraction of sp³-hybridized carbons (Fsp3) is 0.188. The first-order chi connectivity index (χ1) is 10.1. The van der Waals surface area contributed by atoms with Crippen LogP contribution in [-0.4, -0.2) is 27.1 Å². The van der Waals surface area contributed by atoms with Crippen LogP contribution in [0.3, 0.4) is 0 Å². The van der Waals surface area contributed by atoms with Crippen LogP contribution in [0.4, 0.5) is 0 Å². The molecule has 0 bridgehead atoms. The third-order valence-corrected chi connectivity index (χ3v) is 3.72. The highest BCUT2D eigenvalue weighted by molar-refractivity contribution is 14.1. The van der Waals surface area contributed by atoms with Gasteiger partial charge in [-0.3, -0.25) is 4.79 Å². The van der Waals surface area contributed by atoms with Crippen LogP contribution in [-0.2, 0) is 0 Å². The number of carbonyl (C=O) groups is 1. The molecule has 2 rings (SSSR count). The first-order valence-electron chi connectivity index (χ1n) is 6.21. The zero-order valence-electron chi connectivity index (χ0n) is 12.0. The molecule has 0 aliphatic rings. The van der Waals surface area contributed by atoms with Crippen molar-refractivity contribution in [1.82, 2.24) is 0 Å². The summed E-state index contributed by atoms with van der Waals surface area (Å²) in [5.41, 5.74) is 1.05. The van der Waals surface area contributed by atoms with E-state index < -0.39 is 0 Å². The van der Waals surface area contributed by atoms with E-state index in [-0.39, 0.29) is 5.78 Å². The van der Waals surface area contributed by atoms with Crippen LogP contribution in [0.25, 0.3) is 0 Å². The Morgan fingerprint density at radius 1 is 0.857 bits per heavy atom. The highest BCUT2D eigenvalue weighted by Crippen LogP contribution is 2.30. The van der Waals surface area contributed by atoms with Gasteiger partial charge < -0.3 is 14.2 Å². The lowest BCUT2D eigenvalue weighted by Crippen LogP contribution is -2.05. The van der Waals surface area contributed by atoms with Gasteiger partial charge >= 0.3 is 0 Å². The number of ketones is 1. The lowest BCUT2D eigenvalue weighted by Gasteiger charge is -2.11. The van der Waals surface area contributed by atoms with E-state index in [0.29, 0.717) is 28.4 Å². The maximum absolute atomic E-state index is 12.7. The van der Waals surface area contributed by atoms with Crippen LogP contribution in [0.1, 0.15) is 15.9 Å². The van der Waals surface area contributed by atoms with Crippen LogP contribution >= 0.6 is 22.6 Å². The summed E-state index contributed by atoms with van der Waals surface area (Å²) in [5.74, 6) is 1.54. The smallest absolute Gasteiger partial charge is 0.196 e. The zero-order chi connectivity index (χ0) is 15.4. The molecule has 0 saturated heterocycles. The topological polar surface area (TPSA) is 44.8 Å². The Bertz CT molecular complexity index is 667. The molecule has 0 fully saturated rings. The number of hydrogen-bond donors (Lipinski definition) is 0. The third-order valence-electron chi connectivity index (χ3n) is 3.05. The van der Waals surface area contributed by atoms with E-state index in [1.54, 1.807) is 44.6 Å². The van der Waals surface area contributed by atoms with Crippen molar-refractivity contribution < 1.29 is 19.0 Å². The van der Waals surface area contributed by atoms with Crippen LogP contribution in [0.15, 0.2) is 36.4 Å². The van der Waals surface area contributed by atoms with Crippen LogP contribution in [0.2, 0.25) is 0 Å². The van der Waals surface area contributed by atoms with Crippen LogP contribution in [0, 0.1) is 3.57 Å². The molecule has 0 aliphatic heterocycles. The van der Waals surface area contributed by atoms with Gasteiger partial charge in [0.2, 0.25) is 0 Å². The molecule has 0 N–H and O–H groups in total. The summed E-state index contributed by atoms with van der Waals surface area (Å²) in [6.45, 7) is 0. The Morgan fingerprint density at radius 3 is 2.10 bits per heavy atom. The lowest BCUT2D eigenvalue weighted by atomic mass is 10.0. The highest BCUT2D eigenvalue weighted by atomic mass is 127. The van der Waals surface area contributed by atoms with E-state index >= 15 is 0 Å². The van der Waals surface area contributed by atoms with E-state index in [9.17, 15) is 4.79 Å². The van der Waals surface area contributed by atoms with E-state index in [0.717, 1.165) is 3.57 Å². The second-order valence-electron chi connectivity index (χ2n) is 4.24. The van der Waals surface area contributed by atoms with Crippen LogP contribution < -0.4 is 14.2 Å². The van der Waals surface area contributed by atoms with Crippen molar-refractivity contribution in [2.24, 2.45) is 0 Å². The molecular formula is C16H15IO4. The first-order valence-corrected chi connectivity index (χ1v) is 7.29. The predicted molar refractivity (Wildman–Crippen MR) is 88.7 cm³/mol. The molecule has 5 heteroatoms. The van der Waals surface area contributed by atoms with Gasteiger partial charge in [0.1, 0.15) is 5.75 Å². The van der Waals surface area contributed by atoms with Gasteiger partial charge in [-0.05, 0) is 59.0 Å². The third kappa shape index (κ3) is 3.29. The number of hydrogen-bond acceptors (Lipinski definition) is 4. The van der Waals surface area contributed by atoms with Crippen molar-refractivity contribution >= 4 is 28.4 Å². The summed E-state index contributed by atoms with van der Waals surface area (Å²) < 4.78 is 16.6. The maximum Gasteiger partial charge on any atom is 0.196 e. The normalized spacial score (nSPS) is 10.1. The van der Waals surface area contributed by atoms with Crippen molar-refractivity contribution in [3.05, 3.63) is 51.1 Å². The molecule has 0 amide bonds. The molecule has 4 nitrogen and oxygen atoms in total. The van der Waals surface area contributed by atoms with Gasteiger partial charge in [0.05, 0.1) is 26.9 Å². The molecule has 2 aromatic rings. The Hall–Kier alpha value is -1.76. The standard InChI is InChI=1S/C16H15IO4/c1-19-13-7-5-11(17)9-12(13)16(18)10-4-6-14(20-2)15(8-10)21-3/h4-9H,1-3H3. The van der Waals surface area contributed by atoms with E-state index in [4.69, 9.17) is 14.2 Å². The van der Waals surface area contributed by atoms with E-state index in [2.05, 4.69) is 22.6 Å². The molecule has 0 spiro atoms. The van der Waals surface area contributed by atoms with Crippen molar-refractivity contribution in [3.63, 3.8) is 0 Å². The summed E-state index contributed by atoms with van der Waals surface area (Å²) in [6, 6.07) is 10.6. The van der Waals surface area contributed by atoms with Crippen molar-refractivity contribution in [2.75, 3.05) is 21.3 Å². The fourth-order valence-corrected chi connectivity index (χ4v) is 2.48. The molecule has 0 aromatic heterocycles. The van der Waals surface area contributed by atoms with Gasteiger partial charge in [0.15, 0.2) is 17.3 Å². The van der Waals surface area contributed by atoms with E-state index in [1.807, 2.05) is 6.07 Å². The molecule has 0 radical (unpaired) electrons. The minimum Gasteiger partial charge on any atom is -0.496 e. The molecule has 0 saturated carbocycles. The Kier molecular flexibility index (Phi) is 5.06. The summed E-state index contributed by atoms with van der Waals surface area (Å²) in [4.78, 5) is 12.7. The maximum atomic E-state index is 12.7. The van der Waals surface area contributed by atoms with Crippen molar-refractivity contribution in [3.8, 4) is 17.2 Å². The molecule has 0 atom stereocenters. The lowest BCUT2D eigenvalue weighted by molar-refractivity contribution is 0.103. The molecule has 0 heterocycles. The highest BCUT2D eigenvalue weighted by Gasteiger charge is 2.17. The second kappa shape index (κ2) is 6.80. The van der Waals surface area contributed by atoms with Gasteiger partial charge in [0, 0.05) is 9.13 Å². The molecule has 2 aromatic carbocycles. The van der Waals surface area contributed by atoms with Crippen molar-refractivity contribution in [1.29, 1.82) is 0 Å². The average Bonchev–Trinajstić information content (AvgIpc) is 2.53. The van der Waals surface area contributed by atoms with Gasteiger partial charge in [-0.2, -0.15) is 0 Å². The Morgan fingerprint density at radius 2 is 1.48 bits per heavy atom. The monoisotopic (exact) mass is 398 g/mol. The first kappa shape index (κ1) is 15.6. The zero-order valence-corrected chi connectivity index (χ0v) is 14.1. The number of rotatable bonds is 5. The second-order valence-corrected chi connectivity index (χ2v) is 5.49. The summed E-state index contributed by atoms with van der Waals surface area (Å²) in [5, 5.41) is 0. The molecular weight excluding hydrogens is 383 g/mol. The predicted octanol–water partition coefficient (Wildman–Crippen LogP) is 3.55. The fourth-order valence-electron chi connectivity index (χ4n) is 1.99. The SMILES string of the molecule is COc1ccc(C(=O)c2cc(I)ccc2OC)cc1OC. The largest absolute Gasteiger partial charge is 0.496 e. The van der Waals surface area contributed by atoms with Gasteiger partial charge in [-0.15, -0.1) is 0 Å². The van der Waals surface area contributed by atoms with Gasteiger partial charge in [-0.1, -0.05) is 0 Å². The number of benzene rings is 2. The number of halogens is 1. The minimum atomic E-state index is -0.119. The Labute approximate surface area is 137 Å². The molecule has 0 unspecified atom stereocenters. The van der Waals surface area contributed by atoms with Gasteiger partial charge in [0.25, 0.3) is 0 Å². The summed E-state index contributed by atoms with van der Waals surface area (Å²) >= 11 is 2.16. The minimum absolute atomic E-state index is 0.119. The number of carbonyl (C=O) groups excluding carboxylic acids is 1. The molecule has 21 heavy (non-hydrogen) atoms. The molecule has 110 valence electrons. The summed E-state index contributed by atoms with van der Waals surface area (Å²) in [6.07, 6.45) is 0. The Balaban J connectivity index is 2.47. The number of ether oxygens (including phenoxy) is 3. The summed E-state index contributed by atoms with van der Waals surface area (Å²) in [7, 11) is 4.65. The van der Waals surface area contributed by atoms with E-state index in [1.165, 1.54) is 7.11 Å². The van der Waals surface area contributed by atoms with Crippen molar-refractivity contribution in [2.45, 2.75) is 0 Å². The average molecular weight is 398 g/mol.